The molecule has 37 heavy (non-hydrogen) atoms. The normalized spacial score (nSPS) is 17.9. The summed E-state index contributed by atoms with van der Waals surface area (Å²) in [5.41, 5.74) is 1.80. The molecule has 10 nitrogen and oxygen atoms in total. The van der Waals surface area contributed by atoms with Gasteiger partial charge in [0, 0.05) is 23.7 Å². The van der Waals surface area contributed by atoms with Crippen molar-refractivity contribution in [2.75, 3.05) is 37.4 Å². The van der Waals surface area contributed by atoms with Gasteiger partial charge in [0.15, 0.2) is 0 Å². The summed E-state index contributed by atoms with van der Waals surface area (Å²) in [5.74, 6) is -1.30. The van der Waals surface area contributed by atoms with Crippen LogP contribution in [0.25, 0.3) is 0 Å². The number of carbonyl (C=O) groups is 3. The Morgan fingerprint density at radius 2 is 1.81 bits per heavy atom. The molecule has 1 saturated heterocycles. The summed E-state index contributed by atoms with van der Waals surface area (Å²) in [6.07, 6.45) is 4.09. The van der Waals surface area contributed by atoms with Crippen molar-refractivity contribution in [2.45, 2.75) is 50.3 Å². The zero-order valence-electron chi connectivity index (χ0n) is 20.9. The van der Waals surface area contributed by atoms with Crippen molar-refractivity contribution in [2.24, 2.45) is 5.92 Å². The van der Waals surface area contributed by atoms with E-state index in [0.717, 1.165) is 36.1 Å². The fraction of sp³-hybridized carbons (Fsp3) is 0.480. The molecule has 0 saturated carbocycles. The Morgan fingerprint density at radius 3 is 2.51 bits per heavy atom. The van der Waals surface area contributed by atoms with Crippen LogP contribution in [-0.4, -0.2) is 57.5 Å². The maximum absolute atomic E-state index is 13.3. The van der Waals surface area contributed by atoms with Gasteiger partial charge in [-0.2, -0.15) is 4.31 Å². The highest BCUT2D eigenvalue weighted by Gasteiger charge is 2.35. The summed E-state index contributed by atoms with van der Waals surface area (Å²) in [4.78, 5) is 38.5. The lowest BCUT2D eigenvalue weighted by atomic mass is 9.95. The van der Waals surface area contributed by atoms with E-state index in [1.807, 2.05) is 0 Å². The molecule has 1 aromatic heterocycles. The summed E-state index contributed by atoms with van der Waals surface area (Å²) >= 11 is 1.42. The maximum Gasteiger partial charge on any atom is 0.411 e. The molecule has 0 bridgehead atoms. The Hall–Kier alpha value is -2.96. The third kappa shape index (κ3) is 5.97. The number of rotatable bonds is 7. The van der Waals surface area contributed by atoms with E-state index in [1.165, 1.54) is 47.0 Å². The Bertz CT molecular complexity index is 1270. The standard InChI is InChI=1S/C25H31N3O7S2/c1-3-35-24(30)21-19-8-4-5-9-20(19)36-23(21)27-22(29)16-7-6-14-28(15-16)37(32,33)18-12-10-17(11-13-18)26-25(31)34-2/h10-13,16H,3-9,14-15H2,1-2H3,(H,26,31)(H,27,29)/t16-/m1/s1. The van der Waals surface area contributed by atoms with Gasteiger partial charge in [-0.1, -0.05) is 0 Å². The molecule has 1 aromatic carbocycles. The molecule has 4 rings (SSSR count). The van der Waals surface area contributed by atoms with E-state index in [4.69, 9.17) is 4.74 Å². The molecular formula is C25H31N3O7S2. The number of sulfonamides is 1. The molecule has 0 unspecified atom stereocenters. The first-order valence-corrected chi connectivity index (χ1v) is 14.6. The average Bonchev–Trinajstić information content (AvgIpc) is 3.27. The van der Waals surface area contributed by atoms with Crippen LogP contribution in [0.15, 0.2) is 29.2 Å². The Balaban J connectivity index is 1.48. The molecule has 1 aliphatic carbocycles. The highest BCUT2D eigenvalue weighted by molar-refractivity contribution is 7.89. The van der Waals surface area contributed by atoms with Gasteiger partial charge in [-0.3, -0.25) is 10.1 Å². The van der Waals surface area contributed by atoms with Crippen LogP contribution in [-0.2, 0) is 37.1 Å². The Labute approximate surface area is 220 Å². The number of aryl methyl sites for hydroxylation is 1. The lowest BCUT2D eigenvalue weighted by molar-refractivity contribution is -0.120. The van der Waals surface area contributed by atoms with Crippen molar-refractivity contribution in [3.05, 3.63) is 40.3 Å². The molecule has 12 heteroatoms. The number of amides is 2. The van der Waals surface area contributed by atoms with Crippen LogP contribution in [0.4, 0.5) is 15.5 Å². The number of anilines is 2. The number of hydrogen-bond acceptors (Lipinski definition) is 8. The van der Waals surface area contributed by atoms with Gasteiger partial charge in [0.1, 0.15) is 5.00 Å². The summed E-state index contributed by atoms with van der Waals surface area (Å²) in [7, 11) is -2.61. The van der Waals surface area contributed by atoms with Crippen LogP contribution in [0.5, 0.6) is 0 Å². The average molecular weight is 550 g/mol. The number of carbonyl (C=O) groups excluding carboxylic acids is 3. The molecule has 1 aliphatic heterocycles. The van der Waals surface area contributed by atoms with Crippen LogP contribution >= 0.6 is 11.3 Å². The lowest BCUT2D eigenvalue weighted by Gasteiger charge is -2.31. The number of fused-ring (bicyclic) bond motifs is 1. The first kappa shape index (κ1) is 27.1. The van der Waals surface area contributed by atoms with E-state index in [9.17, 15) is 22.8 Å². The number of benzene rings is 1. The summed E-state index contributed by atoms with van der Waals surface area (Å²) < 4.78 is 37.7. The second-order valence-electron chi connectivity index (χ2n) is 8.97. The van der Waals surface area contributed by atoms with Crippen molar-refractivity contribution >= 4 is 50.0 Å². The van der Waals surface area contributed by atoms with Gasteiger partial charge in [0.25, 0.3) is 0 Å². The third-order valence-electron chi connectivity index (χ3n) is 6.57. The second-order valence-corrected chi connectivity index (χ2v) is 12.0. The molecule has 0 spiro atoms. The maximum atomic E-state index is 13.3. The minimum absolute atomic E-state index is 0.0379. The highest BCUT2D eigenvalue weighted by Crippen LogP contribution is 2.39. The van der Waals surface area contributed by atoms with Crippen LogP contribution < -0.4 is 10.6 Å². The van der Waals surface area contributed by atoms with Gasteiger partial charge in [0.2, 0.25) is 15.9 Å². The molecule has 2 aliphatic rings. The fourth-order valence-electron chi connectivity index (χ4n) is 4.69. The fourth-order valence-corrected chi connectivity index (χ4v) is 7.49. The molecule has 2 aromatic rings. The first-order chi connectivity index (χ1) is 17.7. The van der Waals surface area contributed by atoms with Gasteiger partial charge in [0.05, 0.1) is 30.1 Å². The summed E-state index contributed by atoms with van der Waals surface area (Å²) in [5, 5.41) is 5.89. The van der Waals surface area contributed by atoms with E-state index in [-0.39, 0.29) is 24.0 Å². The summed E-state index contributed by atoms with van der Waals surface area (Å²) in [6, 6.07) is 5.78. The number of esters is 1. The SMILES string of the molecule is CCOC(=O)c1c(NC(=O)[C@@H]2CCCN(S(=O)(=O)c3ccc(NC(=O)OC)cc3)C2)sc2c1CCCC2. The monoisotopic (exact) mass is 549 g/mol. The van der Waals surface area contributed by atoms with Gasteiger partial charge >= 0.3 is 12.1 Å². The molecule has 1 fully saturated rings. The molecule has 2 heterocycles. The van der Waals surface area contributed by atoms with E-state index in [1.54, 1.807) is 6.92 Å². The second kappa shape index (κ2) is 11.6. The van der Waals surface area contributed by atoms with Gasteiger partial charge in [-0.25, -0.2) is 18.0 Å². The predicted molar refractivity (Wildman–Crippen MR) is 139 cm³/mol. The first-order valence-electron chi connectivity index (χ1n) is 12.3. The molecule has 2 N–H and O–H groups in total. The largest absolute Gasteiger partial charge is 0.462 e. The highest BCUT2D eigenvalue weighted by atomic mass is 32.2. The van der Waals surface area contributed by atoms with Crippen LogP contribution in [0, 0.1) is 5.92 Å². The van der Waals surface area contributed by atoms with Crippen molar-refractivity contribution in [3.8, 4) is 0 Å². The third-order valence-corrected chi connectivity index (χ3v) is 9.65. The number of nitrogens with zero attached hydrogens (tertiary/aromatic N) is 1. The molecule has 2 amide bonds. The van der Waals surface area contributed by atoms with E-state index in [2.05, 4.69) is 15.4 Å². The van der Waals surface area contributed by atoms with Crippen molar-refractivity contribution in [1.29, 1.82) is 0 Å². The minimum atomic E-state index is -3.85. The van der Waals surface area contributed by atoms with Crippen LogP contribution in [0.1, 0.15) is 53.4 Å². The lowest BCUT2D eigenvalue weighted by Crippen LogP contribution is -2.43. The quantitative estimate of drug-likeness (QED) is 0.499. The number of nitrogens with one attached hydrogen (secondary N) is 2. The smallest absolute Gasteiger partial charge is 0.411 e. The van der Waals surface area contributed by atoms with Gasteiger partial charge < -0.3 is 14.8 Å². The topological polar surface area (TPSA) is 131 Å². The zero-order chi connectivity index (χ0) is 26.6. The van der Waals surface area contributed by atoms with Crippen molar-refractivity contribution in [3.63, 3.8) is 0 Å². The van der Waals surface area contributed by atoms with Crippen LogP contribution in [0.3, 0.4) is 0 Å². The summed E-state index contributed by atoms with van der Waals surface area (Å²) in [6.45, 7) is 2.33. The number of piperidine rings is 1. The van der Waals surface area contributed by atoms with E-state index >= 15 is 0 Å². The number of hydrogen-bond donors (Lipinski definition) is 2. The van der Waals surface area contributed by atoms with Crippen molar-refractivity contribution < 1.29 is 32.3 Å². The number of ether oxygens (including phenoxy) is 2. The van der Waals surface area contributed by atoms with Crippen molar-refractivity contribution in [1.82, 2.24) is 4.31 Å². The van der Waals surface area contributed by atoms with E-state index in [0.29, 0.717) is 35.6 Å². The molecule has 200 valence electrons. The van der Waals surface area contributed by atoms with E-state index < -0.39 is 28.0 Å². The van der Waals surface area contributed by atoms with Crippen LogP contribution in [0.2, 0.25) is 0 Å². The zero-order valence-corrected chi connectivity index (χ0v) is 22.5. The molecule has 1 atom stereocenters. The molecular weight excluding hydrogens is 518 g/mol. The number of methoxy groups -OCH3 is 1. The Kier molecular flexibility index (Phi) is 8.50. The minimum Gasteiger partial charge on any atom is -0.462 e. The van der Waals surface area contributed by atoms with Gasteiger partial charge in [-0.15, -0.1) is 11.3 Å². The number of thiophene rings is 1. The Morgan fingerprint density at radius 1 is 1.08 bits per heavy atom. The van der Waals surface area contributed by atoms with Gasteiger partial charge in [-0.05, 0) is 75.3 Å². The molecule has 0 radical (unpaired) electrons. The predicted octanol–water partition coefficient (Wildman–Crippen LogP) is 4.02.